The fourth-order valence-corrected chi connectivity index (χ4v) is 0.542. The zero-order valence-electron chi connectivity index (χ0n) is 6.15. The van der Waals surface area contributed by atoms with Crippen molar-refractivity contribution in [2.24, 2.45) is 0 Å². The van der Waals surface area contributed by atoms with Crippen molar-refractivity contribution in [2.45, 2.75) is 12.8 Å². The first-order chi connectivity index (χ1) is 4.63. The minimum atomic E-state index is -1.03. The van der Waals surface area contributed by atoms with Gasteiger partial charge in [0.05, 0.1) is 0 Å². The van der Waals surface area contributed by atoms with Gasteiger partial charge < -0.3 is 11.2 Å². The number of nitrogens with zero attached hydrogens (tertiary/aromatic N) is 1. The van der Waals surface area contributed by atoms with Crippen molar-refractivity contribution in [3.63, 3.8) is 0 Å². The maximum atomic E-state index is 10.6. The average Bonchev–Trinajstić information content (AvgIpc) is 1.93. The van der Waals surface area contributed by atoms with Gasteiger partial charge in [0.2, 0.25) is 5.91 Å². The van der Waals surface area contributed by atoms with Gasteiger partial charge in [-0.1, -0.05) is 0 Å². The van der Waals surface area contributed by atoms with Gasteiger partial charge in [0, 0.05) is 40.5 Å². The molecule has 0 spiro atoms. The van der Waals surface area contributed by atoms with E-state index in [1.54, 1.807) is 0 Å². The van der Waals surface area contributed by atoms with E-state index in [0.29, 0.717) is 0 Å². The van der Waals surface area contributed by atoms with E-state index in [9.17, 15) is 9.59 Å². The van der Waals surface area contributed by atoms with Crippen LogP contribution in [0.1, 0.15) is 14.2 Å². The number of hydrogen-bond donors (Lipinski definition) is 1. The van der Waals surface area contributed by atoms with Gasteiger partial charge in [-0.05, 0) is 0 Å². The first kappa shape index (κ1) is 8.17. The number of hydroxylamine groups is 2. The number of hydrogen-bond acceptors (Lipinski definition) is 3. The fourth-order valence-electron chi connectivity index (χ4n) is 0.542. The molecule has 2 amide bonds. The summed E-state index contributed by atoms with van der Waals surface area (Å²) in [6, 6.07) is 0. The molecule has 10 heavy (non-hydrogen) atoms. The van der Waals surface area contributed by atoms with E-state index in [-0.39, 0.29) is 44.2 Å². The normalized spacial score (nSPS) is 26.7. The van der Waals surface area contributed by atoms with Crippen LogP contribution in [0.5, 0.6) is 0 Å². The molecular formula is C5H6NO3Y-. The third-order valence-electron chi connectivity index (χ3n) is 1.00. The average molecular weight is 219 g/mol. The van der Waals surface area contributed by atoms with Crippen LogP contribution in [0.4, 0.5) is 0 Å². The van der Waals surface area contributed by atoms with Gasteiger partial charge in [-0.2, -0.15) is 11.5 Å². The minimum absolute atomic E-state index is 0. The van der Waals surface area contributed by atoms with Crippen LogP contribution in [0, 0.1) is 6.42 Å². The summed E-state index contributed by atoms with van der Waals surface area (Å²) in [5.74, 6) is -1.60. The van der Waals surface area contributed by atoms with E-state index in [1.165, 1.54) is 0 Å². The van der Waals surface area contributed by atoms with Crippen LogP contribution >= 0.6 is 0 Å². The predicted octanol–water partition coefficient (Wildman–Crippen LogP) is -0.274. The Labute approximate surface area is 84.8 Å². The van der Waals surface area contributed by atoms with Crippen molar-refractivity contribution in [1.82, 2.24) is 5.06 Å². The molecule has 0 bridgehead atoms. The molecule has 1 aliphatic heterocycles. The maximum Gasteiger partial charge on any atom is 0.248 e. The smallest absolute Gasteiger partial charge is 0.248 e. The van der Waals surface area contributed by atoms with Crippen LogP contribution < -0.4 is 0 Å². The van der Waals surface area contributed by atoms with Crippen LogP contribution in [0.3, 0.4) is 0 Å². The largest absolute Gasteiger partial charge is 0.308 e. The molecule has 4 nitrogen and oxygen atoms in total. The Balaban J connectivity index is 0.000001000. The van der Waals surface area contributed by atoms with Gasteiger partial charge in [-0.25, -0.2) is 0 Å². The molecule has 1 saturated heterocycles. The second-order valence-corrected chi connectivity index (χ2v) is 1.63. The minimum Gasteiger partial charge on any atom is -0.308 e. The molecule has 1 unspecified atom stereocenters. The van der Waals surface area contributed by atoms with E-state index in [1.807, 2.05) is 0 Å². The molecule has 1 atom stereocenters. The van der Waals surface area contributed by atoms with Crippen molar-refractivity contribution in [3.05, 3.63) is 6.42 Å². The van der Waals surface area contributed by atoms with Crippen LogP contribution in [-0.4, -0.2) is 22.1 Å². The Hall–Kier alpha value is 0.0739. The Bertz CT molecular complexity index is 187. The van der Waals surface area contributed by atoms with Crippen molar-refractivity contribution < 1.29 is 48.9 Å². The monoisotopic (exact) mass is 219 g/mol. The number of imide groups is 1. The topological polar surface area (TPSA) is 57.6 Å². The van der Waals surface area contributed by atoms with E-state index in [2.05, 4.69) is 0 Å². The quantitative estimate of drug-likeness (QED) is 0.346. The van der Waals surface area contributed by atoms with Gasteiger partial charge >= 0.3 is 0 Å². The van der Waals surface area contributed by atoms with E-state index < -0.39 is 18.2 Å². The zero-order chi connectivity index (χ0) is 7.72. The number of rotatable bonds is 0. The summed E-state index contributed by atoms with van der Waals surface area (Å²) in [5.41, 5.74) is 0. The summed E-state index contributed by atoms with van der Waals surface area (Å²) < 4.78 is 6.96. The summed E-state index contributed by atoms with van der Waals surface area (Å²) in [6.07, 6.45) is 0.177. The number of carbonyl (C=O) groups is 2. The first-order valence-corrected chi connectivity index (χ1v) is 2.45. The maximum absolute atomic E-state index is 10.6. The van der Waals surface area contributed by atoms with Gasteiger partial charge in [0.15, 0.2) is 0 Å². The van der Waals surface area contributed by atoms with E-state index >= 15 is 0 Å². The SMILES string of the molecule is [3H]C1C[CH-]C(=O)N(O)C1=O.[Y]. The molecular weight excluding hydrogens is 211 g/mol. The van der Waals surface area contributed by atoms with Gasteiger partial charge in [-0.15, -0.1) is 0 Å². The summed E-state index contributed by atoms with van der Waals surface area (Å²) in [7, 11) is 0. The second-order valence-electron chi connectivity index (χ2n) is 1.63. The Morgan fingerprint density at radius 2 is 2.30 bits per heavy atom. The van der Waals surface area contributed by atoms with Crippen molar-refractivity contribution in [3.8, 4) is 0 Å². The number of carbonyl (C=O) groups excluding carboxylic acids is 2. The van der Waals surface area contributed by atoms with Crippen molar-refractivity contribution >= 4 is 11.8 Å². The van der Waals surface area contributed by atoms with Crippen molar-refractivity contribution in [2.75, 3.05) is 0 Å². The van der Waals surface area contributed by atoms with Crippen LogP contribution in [0.2, 0.25) is 0 Å². The Morgan fingerprint density at radius 3 is 2.80 bits per heavy atom. The molecule has 0 aromatic heterocycles. The van der Waals surface area contributed by atoms with Crippen molar-refractivity contribution in [1.29, 1.82) is 0 Å². The Kier molecular flexibility index (Phi) is 3.32. The summed E-state index contributed by atoms with van der Waals surface area (Å²) in [6.45, 7) is 0. The third kappa shape index (κ3) is 2.04. The van der Waals surface area contributed by atoms with Crippen LogP contribution in [-0.2, 0) is 42.3 Å². The molecule has 1 heterocycles. The molecule has 0 saturated carbocycles. The molecule has 1 N–H and O–H groups in total. The molecule has 0 aliphatic carbocycles. The Morgan fingerprint density at radius 1 is 1.70 bits per heavy atom. The molecule has 5 heteroatoms. The van der Waals surface area contributed by atoms with Gasteiger partial charge in [0.25, 0.3) is 0 Å². The third-order valence-corrected chi connectivity index (χ3v) is 1.00. The molecule has 1 fully saturated rings. The second kappa shape index (κ2) is 4.06. The molecule has 53 valence electrons. The molecule has 1 radical (unpaired) electrons. The van der Waals surface area contributed by atoms with Gasteiger partial charge in [0.1, 0.15) is 5.91 Å². The summed E-state index contributed by atoms with van der Waals surface area (Å²) in [5, 5.41) is 8.57. The van der Waals surface area contributed by atoms with E-state index in [0.717, 1.165) is 6.42 Å². The summed E-state index contributed by atoms with van der Waals surface area (Å²) in [4.78, 5) is 21.0. The molecule has 1 rings (SSSR count). The number of amides is 2. The van der Waals surface area contributed by atoms with Crippen LogP contribution in [0.25, 0.3) is 0 Å². The molecule has 1 aliphatic rings. The number of piperidine rings is 1. The zero-order valence-corrected chi connectivity index (χ0v) is 7.99. The van der Waals surface area contributed by atoms with Crippen LogP contribution in [0.15, 0.2) is 0 Å². The molecule has 0 aromatic rings. The predicted molar refractivity (Wildman–Crippen MR) is 27.2 cm³/mol. The molecule has 0 aromatic carbocycles. The first-order valence-electron chi connectivity index (χ1n) is 3.03. The standard InChI is InChI=1S/C5H6NO3.Y/c7-4-2-1-3-5(8)6(4)9;/h2,9H,1,3H2;/q-1;/i3T;. The van der Waals surface area contributed by atoms with Gasteiger partial charge in [-0.3, -0.25) is 10.0 Å². The summed E-state index contributed by atoms with van der Waals surface area (Å²) >= 11 is 0. The fraction of sp³-hybridized carbons (Fsp3) is 0.400. The van der Waals surface area contributed by atoms with E-state index in [4.69, 9.17) is 6.58 Å².